The Morgan fingerprint density at radius 2 is 1.67 bits per heavy atom. The van der Waals surface area contributed by atoms with Crippen molar-refractivity contribution in [3.63, 3.8) is 0 Å². The molecule has 68 valence electrons. The molecule has 0 amide bonds. The largest absolute Gasteiger partial charge is 0.236 e. The summed E-state index contributed by atoms with van der Waals surface area (Å²) in [6, 6.07) is 8.82. The van der Waals surface area contributed by atoms with Crippen LogP contribution in [-0.2, 0) is 14.8 Å². The van der Waals surface area contributed by atoms with Crippen molar-refractivity contribution in [1.29, 1.82) is 0 Å². The van der Waals surface area contributed by atoms with Crippen LogP contribution in [0.3, 0.4) is 0 Å². The Morgan fingerprint density at radius 1 is 1.17 bits per heavy atom. The van der Waals surface area contributed by atoms with E-state index in [1.807, 2.05) is 6.07 Å². The molecule has 0 saturated carbocycles. The van der Waals surface area contributed by atoms with Gasteiger partial charge in [-0.25, -0.2) is 8.42 Å². The van der Waals surface area contributed by atoms with Gasteiger partial charge in [0, 0.05) is 10.7 Å². The van der Waals surface area contributed by atoms with Crippen molar-refractivity contribution >= 4 is 32.1 Å². The van der Waals surface area contributed by atoms with Crippen molar-refractivity contribution in [3.05, 3.63) is 35.9 Å². The fourth-order valence-corrected chi connectivity index (χ4v) is 1.74. The molecule has 0 N–H and O–H groups in total. The topological polar surface area (TPSA) is 34.1 Å². The van der Waals surface area contributed by atoms with E-state index in [1.54, 1.807) is 24.3 Å². The first-order valence-corrected chi connectivity index (χ1v) is 5.52. The highest BCUT2D eigenvalue weighted by Crippen LogP contribution is 2.08. The molecule has 0 bridgehead atoms. The highest BCUT2D eigenvalue weighted by atomic mass is 35.7. The second-order valence-electron chi connectivity index (χ2n) is 2.17. The minimum absolute atomic E-state index is 0. The van der Waals surface area contributed by atoms with Crippen LogP contribution in [0.4, 0.5) is 0 Å². The molecule has 0 spiro atoms. The van der Waals surface area contributed by atoms with Gasteiger partial charge in [0.2, 0.25) is 9.05 Å². The summed E-state index contributed by atoms with van der Waals surface area (Å²) in [6.07, 6.45) is 0. The van der Waals surface area contributed by atoms with Crippen molar-refractivity contribution in [2.45, 2.75) is 5.75 Å². The summed E-state index contributed by atoms with van der Waals surface area (Å²) in [4.78, 5) is 0. The first-order valence-electron chi connectivity index (χ1n) is 3.04. The van der Waals surface area contributed by atoms with Gasteiger partial charge in [-0.2, -0.15) is 0 Å². The molecule has 0 saturated heterocycles. The number of hydrogen-bond donors (Lipinski definition) is 0. The van der Waals surface area contributed by atoms with E-state index in [4.69, 9.17) is 10.7 Å². The van der Waals surface area contributed by atoms with Gasteiger partial charge in [-0.15, -0.1) is 12.4 Å². The lowest BCUT2D eigenvalue weighted by Gasteiger charge is -1.94. The summed E-state index contributed by atoms with van der Waals surface area (Å²) >= 11 is 0. The quantitative estimate of drug-likeness (QED) is 0.725. The lowest BCUT2D eigenvalue weighted by molar-refractivity contribution is 0.609. The lowest BCUT2D eigenvalue weighted by Crippen LogP contribution is -1.93. The van der Waals surface area contributed by atoms with Crippen molar-refractivity contribution in [3.8, 4) is 0 Å². The van der Waals surface area contributed by atoms with Gasteiger partial charge in [0.1, 0.15) is 0 Å². The maximum Gasteiger partial charge on any atom is 0.236 e. The second-order valence-corrected chi connectivity index (χ2v) is 4.95. The Morgan fingerprint density at radius 3 is 2.08 bits per heavy atom. The summed E-state index contributed by atoms with van der Waals surface area (Å²) < 4.78 is 21.1. The maximum atomic E-state index is 10.6. The van der Waals surface area contributed by atoms with Crippen molar-refractivity contribution in [2.24, 2.45) is 0 Å². The molecule has 0 aliphatic heterocycles. The van der Waals surface area contributed by atoms with Crippen LogP contribution in [0, 0.1) is 0 Å². The maximum absolute atomic E-state index is 10.6. The van der Waals surface area contributed by atoms with E-state index in [0.29, 0.717) is 5.56 Å². The van der Waals surface area contributed by atoms with Crippen LogP contribution in [-0.4, -0.2) is 8.42 Å². The number of halogens is 2. The van der Waals surface area contributed by atoms with Gasteiger partial charge >= 0.3 is 0 Å². The van der Waals surface area contributed by atoms with Crippen LogP contribution in [0.2, 0.25) is 0 Å². The van der Waals surface area contributed by atoms with Gasteiger partial charge < -0.3 is 0 Å². The summed E-state index contributed by atoms with van der Waals surface area (Å²) in [5, 5.41) is 0. The molecule has 1 aromatic rings. The number of rotatable bonds is 2. The third-order valence-corrected chi connectivity index (χ3v) is 2.19. The SMILES string of the molecule is Cl.O=S(=O)(Cl)Cc1ccccc1. The molecule has 5 heteroatoms. The molecular formula is C7H8Cl2O2S. The van der Waals surface area contributed by atoms with E-state index < -0.39 is 9.05 Å². The van der Waals surface area contributed by atoms with E-state index in [9.17, 15) is 8.42 Å². The molecule has 0 aliphatic carbocycles. The predicted octanol–water partition coefficient (Wildman–Crippen LogP) is 2.18. The molecule has 1 aromatic carbocycles. The van der Waals surface area contributed by atoms with Gasteiger partial charge in [0.25, 0.3) is 0 Å². The second kappa shape index (κ2) is 4.70. The van der Waals surface area contributed by atoms with Gasteiger partial charge in [-0.3, -0.25) is 0 Å². The van der Waals surface area contributed by atoms with E-state index in [-0.39, 0.29) is 18.2 Å². The predicted molar refractivity (Wildman–Crippen MR) is 52.2 cm³/mol. The fourth-order valence-electron chi connectivity index (χ4n) is 0.773. The Hall–Kier alpha value is -0.250. The zero-order valence-corrected chi connectivity index (χ0v) is 8.49. The normalized spacial score (nSPS) is 10.4. The number of hydrogen-bond acceptors (Lipinski definition) is 2. The fraction of sp³-hybridized carbons (Fsp3) is 0.143. The molecule has 12 heavy (non-hydrogen) atoms. The monoisotopic (exact) mass is 226 g/mol. The van der Waals surface area contributed by atoms with Crippen LogP contribution >= 0.6 is 23.1 Å². The first-order chi connectivity index (χ1) is 5.08. The standard InChI is InChI=1S/C7H7ClO2S.ClH/c8-11(9,10)6-7-4-2-1-3-5-7;/h1-5H,6H2;1H. The highest BCUT2D eigenvalue weighted by Gasteiger charge is 2.04. The van der Waals surface area contributed by atoms with Crippen LogP contribution in [0.1, 0.15) is 5.56 Å². The average molecular weight is 227 g/mol. The highest BCUT2D eigenvalue weighted by molar-refractivity contribution is 8.13. The Labute approximate surface area is 82.4 Å². The summed E-state index contributed by atoms with van der Waals surface area (Å²) in [7, 11) is 1.63. The minimum atomic E-state index is -3.40. The molecule has 0 fully saturated rings. The molecule has 0 aliphatic rings. The Balaban J connectivity index is 0.00000121. The Bertz CT molecular complexity index is 321. The van der Waals surface area contributed by atoms with Crippen molar-refractivity contribution in [2.75, 3.05) is 0 Å². The van der Waals surface area contributed by atoms with Gasteiger partial charge in [-0.05, 0) is 5.56 Å². The van der Waals surface area contributed by atoms with Gasteiger partial charge in [-0.1, -0.05) is 30.3 Å². The lowest BCUT2D eigenvalue weighted by atomic mass is 10.2. The summed E-state index contributed by atoms with van der Waals surface area (Å²) in [5.74, 6) is -0.102. The van der Waals surface area contributed by atoms with Gasteiger partial charge in [0.15, 0.2) is 0 Å². The molecule has 0 unspecified atom stereocenters. The molecule has 0 heterocycles. The molecule has 0 radical (unpaired) electrons. The van der Waals surface area contributed by atoms with Crippen LogP contribution in [0.5, 0.6) is 0 Å². The van der Waals surface area contributed by atoms with E-state index in [2.05, 4.69) is 0 Å². The molecule has 0 aromatic heterocycles. The van der Waals surface area contributed by atoms with E-state index in [1.165, 1.54) is 0 Å². The zero-order valence-electron chi connectivity index (χ0n) is 6.10. The summed E-state index contributed by atoms with van der Waals surface area (Å²) in [6.45, 7) is 0. The van der Waals surface area contributed by atoms with Crippen LogP contribution in [0.15, 0.2) is 30.3 Å². The Kier molecular flexibility index (Phi) is 4.60. The van der Waals surface area contributed by atoms with Crippen molar-refractivity contribution < 1.29 is 8.42 Å². The van der Waals surface area contributed by atoms with E-state index >= 15 is 0 Å². The smallest absolute Gasteiger partial charge is 0.212 e. The molecule has 0 atom stereocenters. The van der Waals surface area contributed by atoms with E-state index in [0.717, 1.165) is 0 Å². The third kappa shape index (κ3) is 4.59. The molecule has 2 nitrogen and oxygen atoms in total. The minimum Gasteiger partial charge on any atom is -0.212 e. The number of benzene rings is 1. The first kappa shape index (κ1) is 11.8. The van der Waals surface area contributed by atoms with Gasteiger partial charge in [0.05, 0.1) is 5.75 Å². The van der Waals surface area contributed by atoms with Crippen LogP contribution in [0.25, 0.3) is 0 Å². The molecular weight excluding hydrogens is 219 g/mol. The van der Waals surface area contributed by atoms with Crippen LogP contribution < -0.4 is 0 Å². The zero-order chi connectivity index (χ0) is 8.32. The van der Waals surface area contributed by atoms with Crippen molar-refractivity contribution in [1.82, 2.24) is 0 Å². The third-order valence-electron chi connectivity index (χ3n) is 1.18. The average Bonchev–Trinajstić information content (AvgIpc) is 1.85. The summed E-state index contributed by atoms with van der Waals surface area (Å²) in [5.41, 5.74) is 0.711. The molecule has 1 rings (SSSR count).